The van der Waals surface area contributed by atoms with Gasteiger partial charge in [0.05, 0.1) is 23.6 Å². The Morgan fingerprint density at radius 3 is 2.41 bits per heavy atom. The highest BCUT2D eigenvalue weighted by atomic mass is 16.6. The molecule has 2 aliphatic rings. The van der Waals surface area contributed by atoms with E-state index in [4.69, 9.17) is 14.2 Å². The van der Waals surface area contributed by atoms with Gasteiger partial charge in [0.15, 0.2) is 11.5 Å². The van der Waals surface area contributed by atoms with Crippen molar-refractivity contribution in [1.29, 1.82) is 0 Å². The van der Waals surface area contributed by atoms with Crippen molar-refractivity contribution in [3.8, 4) is 17.2 Å². The number of rotatable bonds is 6. The van der Waals surface area contributed by atoms with Crippen LogP contribution in [0.3, 0.4) is 0 Å². The number of carbonyl (C=O) groups excluding carboxylic acids is 2. The highest BCUT2D eigenvalue weighted by Crippen LogP contribution is 2.41. The number of anilines is 2. The second-order valence-corrected chi connectivity index (χ2v) is 7.45. The normalized spacial score (nSPS) is 19.4. The van der Waals surface area contributed by atoms with Gasteiger partial charge in [0, 0.05) is 11.8 Å². The molecule has 2 atom stereocenters. The van der Waals surface area contributed by atoms with Gasteiger partial charge in [-0.2, -0.15) is 0 Å². The van der Waals surface area contributed by atoms with Crippen LogP contribution in [0, 0.1) is 11.8 Å². The topological polar surface area (TPSA) is 85.9 Å². The fourth-order valence-corrected chi connectivity index (χ4v) is 3.28. The predicted octanol–water partition coefficient (Wildman–Crippen LogP) is 3.46. The maximum atomic E-state index is 12.6. The van der Waals surface area contributed by atoms with Crippen LogP contribution in [0.1, 0.15) is 20.3 Å². The molecule has 0 saturated heterocycles. The number of benzene rings is 2. The lowest BCUT2D eigenvalue weighted by atomic mass is 10.2. The molecule has 7 heteroatoms. The Kier molecular flexibility index (Phi) is 5.29. The summed E-state index contributed by atoms with van der Waals surface area (Å²) in [6.07, 6.45) is 0.522. The molecule has 1 aliphatic carbocycles. The molecule has 2 aromatic rings. The molecule has 1 fully saturated rings. The van der Waals surface area contributed by atoms with Crippen LogP contribution in [-0.2, 0) is 9.59 Å². The number of hydrogen-bond donors (Lipinski definition) is 2. The van der Waals surface area contributed by atoms with Crippen LogP contribution < -0.4 is 24.8 Å². The van der Waals surface area contributed by atoms with E-state index < -0.39 is 0 Å². The zero-order valence-corrected chi connectivity index (χ0v) is 16.4. The Bertz CT molecular complexity index is 927. The van der Waals surface area contributed by atoms with Crippen LogP contribution in [0.25, 0.3) is 0 Å². The molecule has 152 valence electrons. The van der Waals surface area contributed by atoms with Crippen LogP contribution in [-0.4, -0.2) is 31.1 Å². The van der Waals surface area contributed by atoms with Gasteiger partial charge in [-0.3, -0.25) is 9.59 Å². The number of para-hydroxylation sites is 2. The molecule has 0 radical (unpaired) electrons. The third-order valence-corrected chi connectivity index (χ3v) is 4.78. The van der Waals surface area contributed by atoms with Crippen LogP contribution >= 0.6 is 0 Å². The lowest BCUT2D eigenvalue weighted by Crippen LogP contribution is -2.21. The summed E-state index contributed by atoms with van der Waals surface area (Å²) in [5.74, 6) is 0.858. The third kappa shape index (κ3) is 4.45. The first-order chi connectivity index (χ1) is 14.0. The van der Waals surface area contributed by atoms with Gasteiger partial charge in [-0.05, 0) is 44.5 Å². The third-order valence-electron chi connectivity index (χ3n) is 4.78. The van der Waals surface area contributed by atoms with Crippen molar-refractivity contribution in [1.82, 2.24) is 0 Å². The second kappa shape index (κ2) is 8.03. The zero-order chi connectivity index (χ0) is 20.4. The van der Waals surface area contributed by atoms with Gasteiger partial charge in [-0.15, -0.1) is 0 Å². The van der Waals surface area contributed by atoms with E-state index in [1.807, 2.05) is 32.0 Å². The summed E-state index contributed by atoms with van der Waals surface area (Å²) < 4.78 is 16.7. The lowest BCUT2D eigenvalue weighted by molar-refractivity contribution is -0.122. The zero-order valence-electron chi connectivity index (χ0n) is 16.4. The molecular formula is C22H24N2O5. The van der Waals surface area contributed by atoms with Crippen LogP contribution in [0.4, 0.5) is 11.4 Å². The van der Waals surface area contributed by atoms with E-state index in [1.54, 1.807) is 24.3 Å². The van der Waals surface area contributed by atoms with Crippen molar-refractivity contribution in [2.45, 2.75) is 26.4 Å². The van der Waals surface area contributed by atoms with Gasteiger partial charge in [0.25, 0.3) is 0 Å². The Balaban J connectivity index is 1.35. The van der Waals surface area contributed by atoms with Crippen molar-refractivity contribution in [2.24, 2.45) is 11.8 Å². The number of nitrogens with one attached hydrogen (secondary N) is 2. The summed E-state index contributed by atoms with van der Waals surface area (Å²) in [6, 6.07) is 12.6. The summed E-state index contributed by atoms with van der Waals surface area (Å²) in [5, 5.41) is 5.75. The highest BCUT2D eigenvalue weighted by Gasteiger charge is 2.48. The van der Waals surface area contributed by atoms with Gasteiger partial charge in [0.2, 0.25) is 11.8 Å². The first-order valence-electron chi connectivity index (χ1n) is 9.78. The van der Waals surface area contributed by atoms with E-state index in [1.165, 1.54) is 0 Å². The Labute approximate surface area is 169 Å². The SMILES string of the molecule is CC(C)Oc1ccccc1NC(=O)C1CC1C(=O)Nc1ccc2c(c1)OCCO2. The maximum Gasteiger partial charge on any atom is 0.228 e. The van der Waals surface area contributed by atoms with E-state index >= 15 is 0 Å². The quantitative estimate of drug-likeness (QED) is 0.781. The van der Waals surface area contributed by atoms with Crippen LogP contribution in [0.15, 0.2) is 42.5 Å². The molecule has 2 aromatic carbocycles. The first kappa shape index (κ1) is 19.1. The Morgan fingerprint density at radius 1 is 0.966 bits per heavy atom. The average Bonchev–Trinajstić information content (AvgIpc) is 3.50. The molecule has 1 heterocycles. The van der Waals surface area contributed by atoms with Crippen molar-refractivity contribution >= 4 is 23.2 Å². The molecule has 29 heavy (non-hydrogen) atoms. The average molecular weight is 396 g/mol. The maximum absolute atomic E-state index is 12.6. The van der Waals surface area contributed by atoms with Crippen molar-refractivity contribution in [2.75, 3.05) is 23.8 Å². The van der Waals surface area contributed by atoms with Crippen molar-refractivity contribution in [3.63, 3.8) is 0 Å². The minimum Gasteiger partial charge on any atom is -0.489 e. The molecule has 0 spiro atoms. The van der Waals surface area contributed by atoms with E-state index in [0.717, 1.165) is 0 Å². The monoisotopic (exact) mass is 396 g/mol. The summed E-state index contributed by atoms with van der Waals surface area (Å²) >= 11 is 0. The molecule has 2 N–H and O–H groups in total. The van der Waals surface area contributed by atoms with Gasteiger partial charge in [-0.1, -0.05) is 12.1 Å². The number of ether oxygens (including phenoxy) is 3. The lowest BCUT2D eigenvalue weighted by Gasteiger charge is -2.19. The van der Waals surface area contributed by atoms with Gasteiger partial charge in [-0.25, -0.2) is 0 Å². The molecule has 0 aromatic heterocycles. The van der Waals surface area contributed by atoms with Gasteiger partial charge < -0.3 is 24.8 Å². The summed E-state index contributed by atoms with van der Waals surface area (Å²) in [7, 11) is 0. The predicted molar refractivity (Wildman–Crippen MR) is 108 cm³/mol. The van der Waals surface area contributed by atoms with E-state index in [2.05, 4.69) is 10.6 Å². The van der Waals surface area contributed by atoms with Crippen molar-refractivity contribution < 1.29 is 23.8 Å². The highest BCUT2D eigenvalue weighted by molar-refractivity contribution is 6.03. The summed E-state index contributed by atoms with van der Waals surface area (Å²) in [4.78, 5) is 25.1. The largest absolute Gasteiger partial charge is 0.489 e. The Morgan fingerprint density at radius 2 is 1.66 bits per heavy atom. The minimum absolute atomic E-state index is 0.00139. The number of amides is 2. The van der Waals surface area contributed by atoms with E-state index in [-0.39, 0.29) is 29.8 Å². The number of carbonyl (C=O) groups is 2. The molecule has 2 unspecified atom stereocenters. The Hall–Kier alpha value is -3.22. The molecule has 1 saturated carbocycles. The smallest absolute Gasteiger partial charge is 0.228 e. The first-order valence-corrected chi connectivity index (χ1v) is 9.78. The van der Waals surface area contributed by atoms with Crippen LogP contribution in [0.2, 0.25) is 0 Å². The fourth-order valence-electron chi connectivity index (χ4n) is 3.28. The van der Waals surface area contributed by atoms with E-state index in [9.17, 15) is 9.59 Å². The summed E-state index contributed by atoms with van der Waals surface area (Å²) in [6.45, 7) is 4.86. The molecular weight excluding hydrogens is 372 g/mol. The number of hydrogen-bond acceptors (Lipinski definition) is 5. The summed E-state index contributed by atoms with van der Waals surface area (Å²) in [5.41, 5.74) is 1.24. The fraction of sp³-hybridized carbons (Fsp3) is 0.364. The molecule has 0 bridgehead atoms. The number of fused-ring (bicyclic) bond motifs is 1. The van der Waals surface area contributed by atoms with Gasteiger partial charge >= 0.3 is 0 Å². The van der Waals surface area contributed by atoms with Crippen molar-refractivity contribution in [3.05, 3.63) is 42.5 Å². The minimum atomic E-state index is -0.348. The standard InChI is InChI=1S/C22H24N2O5/c1-13(2)29-18-6-4-3-5-17(18)24-22(26)16-12-15(16)21(25)23-14-7-8-19-20(11-14)28-10-9-27-19/h3-8,11,13,15-16H,9-10,12H2,1-2H3,(H,23,25)(H,24,26). The molecule has 1 aliphatic heterocycles. The molecule has 4 rings (SSSR count). The van der Waals surface area contributed by atoms with Gasteiger partial charge in [0.1, 0.15) is 19.0 Å². The van der Waals surface area contributed by atoms with Crippen LogP contribution in [0.5, 0.6) is 17.2 Å². The van der Waals surface area contributed by atoms with E-state index in [0.29, 0.717) is 48.3 Å². The second-order valence-electron chi connectivity index (χ2n) is 7.45. The molecule has 7 nitrogen and oxygen atoms in total. The molecule has 2 amide bonds.